The lowest BCUT2D eigenvalue weighted by Crippen LogP contribution is -2.42. The smallest absolute Gasteiger partial charge is 0.328 e. The van der Waals surface area contributed by atoms with Crippen LogP contribution in [0.1, 0.15) is 27.9 Å². The number of rotatable bonds is 10. The maximum absolute atomic E-state index is 13.5. The number of allylic oxidation sites excluding steroid dienone is 1. The van der Waals surface area contributed by atoms with E-state index < -0.39 is 27.8 Å². The largest absolute Gasteiger partial charge is 0.467 e. The number of sulfone groups is 1. The van der Waals surface area contributed by atoms with Gasteiger partial charge in [0.1, 0.15) is 21.7 Å². The fraction of sp³-hybridized carbons (Fsp3) is 0.240. The van der Waals surface area contributed by atoms with Crippen molar-refractivity contribution in [1.29, 1.82) is 0 Å². The molecule has 0 unspecified atom stereocenters. The first-order chi connectivity index (χ1) is 16.6. The molecule has 1 N–H and O–H groups in total. The molecule has 0 spiro atoms. The Morgan fingerprint density at radius 3 is 2.54 bits per heavy atom. The molecule has 0 aliphatic carbocycles. The summed E-state index contributed by atoms with van der Waals surface area (Å²) < 4.78 is 43.0. The number of ether oxygens (including phenoxy) is 1. The van der Waals surface area contributed by atoms with Gasteiger partial charge in [0.05, 0.1) is 19.2 Å². The van der Waals surface area contributed by atoms with E-state index in [2.05, 4.69) is 10.3 Å². The van der Waals surface area contributed by atoms with Crippen LogP contribution in [-0.2, 0) is 25.9 Å². The fourth-order valence-electron chi connectivity index (χ4n) is 3.40. The van der Waals surface area contributed by atoms with E-state index in [1.165, 1.54) is 19.2 Å². The second-order valence-corrected chi connectivity index (χ2v) is 10.3. The van der Waals surface area contributed by atoms with Crippen molar-refractivity contribution in [3.05, 3.63) is 89.8 Å². The molecule has 0 bridgehead atoms. The van der Waals surface area contributed by atoms with Gasteiger partial charge < -0.3 is 14.6 Å². The lowest BCUT2D eigenvalue weighted by Gasteiger charge is -2.16. The zero-order chi connectivity index (χ0) is 25.4. The van der Waals surface area contributed by atoms with Crippen LogP contribution in [0.15, 0.2) is 67.3 Å². The number of methoxy groups -OCH3 is 1. The number of hydrogen-bond acceptors (Lipinski definition) is 6. The van der Waals surface area contributed by atoms with Crippen LogP contribution in [0.5, 0.6) is 0 Å². The Bertz CT molecular complexity index is 1300. The summed E-state index contributed by atoms with van der Waals surface area (Å²) in [6.07, 6.45) is 7.98. The van der Waals surface area contributed by atoms with Gasteiger partial charge in [0.25, 0.3) is 5.91 Å². The summed E-state index contributed by atoms with van der Waals surface area (Å²) >= 11 is 0. The Morgan fingerprint density at radius 1 is 1.17 bits per heavy atom. The molecule has 0 saturated heterocycles. The van der Waals surface area contributed by atoms with Crippen molar-refractivity contribution in [2.75, 3.05) is 19.1 Å². The highest BCUT2D eigenvalue weighted by atomic mass is 32.2. The molecule has 1 aromatic heterocycles. The fourth-order valence-corrected chi connectivity index (χ4v) is 4.06. The van der Waals surface area contributed by atoms with E-state index in [-0.39, 0.29) is 23.6 Å². The number of benzene rings is 2. The van der Waals surface area contributed by atoms with E-state index in [1.54, 1.807) is 42.9 Å². The van der Waals surface area contributed by atoms with Gasteiger partial charge in [0.15, 0.2) is 0 Å². The van der Waals surface area contributed by atoms with E-state index in [4.69, 9.17) is 4.74 Å². The molecule has 1 atom stereocenters. The standard InChI is InChI=1S/C25H26FN3O5S/c1-34-25(31)23(10-13-35(2,32)33)28-24(30)20-5-3-4-18(14-20)15-21(16-29-12-11-27-17-29)19-6-8-22(26)9-7-19/h3-9,11-12,14-15,17,23H,10,13,16H2,1-2H3,(H,28,30)/b21-15-/t23-/m0/s1. The van der Waals surface area contributed by atoms with E-state index in [0.29, 0.717) is 12.1 Å². The van der Waals surface area contributed by atoms with Crippen molar-refractivity contribution in [3.8, 4) is 0 Å². The number of hydrogen-bond donors (Lipinski definition) is 1. The van der Waals surface area contributed by atoms with Crippen LogP contribution in [0.25, 0.3) is 11.6 Å². The maximum atomic E-state index is 13.5. The lowest BCUT2D eigenvalue weighted by atomic mass is 10.0. The number of carbonyl (C=O) groups is 2. The molecule has 1 amide bonds. The quantitative estimate of drug-likeness (QED) is 0.340. The van der Waals surface area contributed by atoms with Gasteiger partial charge in [-0.3, -0.25) is 4.79 Å². The summed E-state index contributed by atoms with van der Waals surface area (Å²) in [5.74, 6) is -1.88. The molecule has 184 valence electrons. The number of nitrogens with zero attached hydrogens (tertiary/aromatic N) is 2. The topological polar surface area (TPSA) is 107 Å². The van der Waals surface area contributed by atoms with Gasteiger partial charge >= 0.3 is 5.97 Å². The highest BCUT2D eigenvalue weighted by molar-refractivity contribution is 7.90. The molecule has 0 radical (unpaired) electrons. The van der Waals surface area contributed by atoms with E-state index in [0.717, 1.165) is 17.4 Å². The Balaban J connectivity index is 1.86. The van der Waals surface area contributed by atoms with Crippen LogP contribution >= 0.6 is 0 Å². The predicted octanol–water partition coefficient (Wildman–Crippen LogP) is 2.97. The minimum absolute atomic E-state index is 0.101. The molecule has 1 heterocycles. The number of nitrogens with one attached hydrogen (secondary N) is 1. The Kier molecular flexibility index (Phi) is 8.53. The molecule has 3 aromatic rings. The summed E-state index contributed by atoms with van der Waals surface area (Å²) in [4.78, 5) is 29.0. The van der Waals surface area contributed by atoms with Crippen molar-refractivity contribution < 1.29 is 27.1 Å². The third-order valence-electron chi connectivity index (χ3n) is 5.19. The van der Waals surface area contributed by atoms with Crippen LogP contribution < -0.4 is 5.32 Å². The minimum Gasteiger partial charge on any atom is -0.467 e. The summed E-state index contributed by atoms with van der Waals surface area (Å²) in [6, 6.07) is 11.8. The van der Waals surface area contributed by atoms with E-state index in [1.807, 2.05) is 22.9 Å². The van der Waals surface area contributed by atoms with Crippen LogP contribution in [0.4, 0.5) is 4.39 Å². The minimum atomic E-state index is -3.33. The predicted molar refractivity (Wildman–Crippen MR) is 131 cm³/mol. The molecular formula is C25H26FN3O5S. The SMILES string of the molecule is COC(=O)[C@H](CCS(C)(=O)=O)NC(=O)c1cccc(/C=C(/Cn2ccnc2)c2ccc(F)cc2)c1. The summed E-state index contributed by atoms with van der Waals surface area (Å²) in [6.45, 7) is 0.470. The zero-order valence-electron chi connectivity index (χ0n) is 19.3. The maximum Gasteiger partial charge on any atom is 0.328 e. The van der Waals surface area contributed by atoms with Crippen molar-refractivity contribution >= 4 is 33.4 Å². The highest BCUT2D eigenvalue weighted by Gasteiger charge is 2.23. The Hall–Kier alpha value is -3.79. The molecule has 8 nitrogen and oxygen atoms in total. The van der Waals surface area contributed by atoms with Gasteiger partial charge in [-0.15, -0.1) is 0 Å². The Morgan fingerprint density at radius 2 is 1.91 bits per heavy atom. The van der Waals surface area contributed by atoms with Gasteiger partial charge in [-0.1, -0.05) is 24.3 Å². The first kappa shape index (κ1) is 25.8. The van der Waals surface area contributed by atoms with Crippen molar-refractivity contribution in [3.63, 3.8) is 0 Å². The molecule has 3 rings (SSSR count). The van der Waals surface area contributed by atoms with Gasteiger partial charge in [-0.25, -0.2) is 22.6 Å². The molecule has 2 aromatic carbocycles. The second-order valence-electron chi connectivity index (χ2n) is 8.00. The summed E-state index contributed by atoms with van der Waals surface area (Å²) in [7, 11) is -2.16. The molecule has 0 aliphatic heterocycles. The molecular weight excluding hydrogens is 473 g/mol. The van der Waals surface area contributed by atoms with Gasteiger partial charge in [-0.2, -0.15) is 0 Å². The van der Waals surface area contributed by atoms with Gasteiger partial charge in [0, 0.05) is 30.8 Å². The van der Waals surface area contributed by atoms with E-state index >= 15 is 0 Å². The summed E-state index contributed by atoms with van der Waals surface area (Å²) in [5.41, 5.74) is 2.67. The number of aromatic nitrogens is 2. The molecule has 0 fully saturated rings. The number of amides is 1. The van der Waals surface area contributed by atoms with Crippen molar-refractivity contribution in [1.82, 2.24) is 14.9 Å². The van der Waals surface area contributed by atoms with Crippen molar-refractivity contribution in [2.24, 2.45) is 0 Å². The highest BCUT2D eigenvalue weighted by Crippen LogP contribution is 2.21. The molecule has 0 saturated carbocycles. The monoisotopic (exact) mass is 499 g/mol. The number of esters is 1. The number of carbonyl (C=O) groups excluding carboxylic acids is 2. The van der Waals surface area contributed by atoms with Crippen molar-refractivity contribution in [2.45, 2.75) is 19.0 Å². The van der Waals surface area contributed by atoms with Crippen LogP contribution in [0, 0.1) is 5.82 Å². The average molecular weight is 500 g/mol. The number of imidazole rings is 1. The van der Waals surface area contributed by atoms with Gasteiger partial charge in [-0.05, 0) is 53.5 Å². The molecule has 35 heavy (non-hydrogen) atoms. The van der Waals surface area contributed by atoms with Crippen LogP contribution in [0.2, 0.25) is 0 Å². The third kappa shape index (κ3) is 7.89. The molecule has 0 aliphatic rings. The van der Waals surface area contributed by atoms with Gasteiger partial charge in [0.2, 0.25) is 0 Å². The normalized spacial score (nSPS) is 12.7. The average Bonchev–Trinajstić information content (AvgIpc) is 3.34. The second kappa shape index (κ2) is 11.6. The first-order valence-corrected chi connectivity index (χ1v) is 12.8. The van der Waals surface area contributed by atoms with E-state index in [9.17, 15) is 22.4 Å². The third-order valence-corrected chi connectivity index (χ3v) is 6.16. The first-order valence-electron chi connectivity index (χ1n) is 10.7. The van der Waals surface area contributed by atoms with Crippen LogP contribution in [-0.4, -0.2) is 55.0 Å². The van der Waals surface area contributed by atoms with Crippen LogP contribution in [0.3, 0.4) is 0 Å². The summed E-state index contributed by atoms with van der Waals surface area (Å²) in [5, 5.41) is 2.56. The zero-order valence-corrected chi connectivity index (χ0v) is 20.2. The number of halogens is 1. The molecule has 10 heteroatoms. The Labute approximate surface area is 203 Å². The lowest BCUT2D eigenvalue weighted by molar-refractivity contribution is -0.142.